The Morgan fingerprint density at radius 2 is 1.48 bits per heavy atom. The molecule has 5 nitrogen and oxygen atoms in total. The summed E-state index contributed by atoms with van der Waals surface area (Å²) in [7, 11) is 6.53. The number of pyridine rings is 1. The van der Waals surface area contributed by atoms with Crippen LogP contribution in [0.2, 0.25) is 0 Å². The van der Waals surface area contributed by atoms with Crippen molar-refractivity contribution >= 4 is 10.8 Å². The summed E-state index contributed by atoms with van der Waals surface area (Å²) in [5, 5.41) is 2.02. The van der Waals surface area contributed by atoms with Gasteiger partial charge in [-0.1, -0.05) is 12.1 Å². The van der Waals surface area contributed by atoms with E-state index in [1.165, 1.54) is 0 Å². The normalized spacial score (nSPS) is 10.6. The quantitative estimate of drug-likeness (QED) is 0.682. The van der Waals surface area contributed by atoms with Crippen LogP contribution in [0.15, 0.2) is 42.6 Å². The number of methoxy groups -OCH3 is 4. The molecule has 5 heteroatoms. The molecule has 130 valence electrons. The Hall–Kier alpha value is -2.95. The van der Waals surface area contributed by atoms with Gasteiger partial charge in [0.1, 0.15) is 0 Å². The van der Waals surface area contributed by atoms with Crippen molar-refractivity contribution in [3.05, 3.63) is 53.9 Å². The Morgan fingerprint density at radius 3 is 2.16 bits per heavy atom. The minimum absolute atomic E-state index is 0.640. The van der Waals surface area contributed by atoms with Crippen LogP contribution in [0.3, 0.4) is 0 Å². The maximum atomic E-state index is 5.60. The first-order chi connectivity index (χ1) is 12.2. The fraction of sp³-hybridized carbons (Fsp3) is 0.250. The molecule has 3 rings (SSSR count). The molecule has 0 saturated heterocycles. The first-order valence-electron chi connectivity index (χ1n) is 7.91. The number of aromatic nitrogens is 1. The number of nitrogens with zero attached hydrogens (tertiary/aromatic N) is 1. The number of ether oxygens (including phenoxy) is 4. The Morgan fingerprint density at radius 1 is 0.760 bits per heavy atom. The van der Waals surface area contributed by atoms with Gasteiger partial charge in [-0.2, -0.15) is 0 Å². The van der Waals surface area contributed by atoms with E-state index in [4.69, 9.17) is 18.9 Å². The van der Waals surface area contributed by atoms with Crippen LogP contribution in [0.5, 0.6) is 23.0 Å². The van der Waals surface area contributed by atoms with E-state index in [0.717, 1.165) is 22.0 Å². The highest BCUT2D eigenvalue weighted by Crippen LogP contribution is 2.37. The highest BCUT2D eigenvalue weighted by atomic mass is 16.5. The largest absolute Gasteiger partial charge is 0.493 e. The first kappa shape index (κ1) is 16.9. The average Bonchev–Trinajstić information content (AvgIpc) is 2.67. The SMILES string of the molecule is COc1ccc(Cc2nccc3ccc(OC)c(OC)c23)cc1OC. The maximum absolute atomic E-state index is 5.60. The van der Waals surface area contributed by atoms with E-state index in [-0.39, 0.29) is 0 Å². The first-order valence-corrected chi connectivity index (χ1v) is 7.91. The monoisotopic (exact) mass is 339 g/mol. The van der Waals surface area contributed by atoms with E-state index in [9.17, 15) is 0 Å². The van der Waals surface area contributed by atoms with Crippen molar-refractivity contribution in [2.45, 2.75) is 6.42 Å². The molecule has 0 aliphatic heterocycles. The second-order valence-corrected chi connectivity index (χ2v) is 5.52. The van der Waals surface area contributed by atoms with Gasteiger partial charge in [0.2, 0.25) is 0 Å². The predicted octanol–water partition coefficient (Wildman–Crippen LogP) is 3.86. The van der Waals surface area contributed by atoms with Crippen LogP contribution in [0.4, 0.5) is 0 Å². The molecule has 0 aliphatic carbocycles. The van der Waals surface area contributed by atoms with E-state index in [2.05, 4.69) is 4.98 Å². The van der Waals surface area contributed by atoms with Crippen molar-refractivity contribution in [1.29, 1.82) is 0 Å². The van der Waals surface area contributed by atoms with E-state index in [1.807, 2.05) is 42.6 Å². The molecule has 0 atom stereocenters. The minimum atomic E-state index is 0.640. The lowest BCUT2D eigenvalue weighted by atomic mass is 10.0. The molecule has 1 aromatic heterocycles. The lowest BCUT2D eigenvalue weighted by molar-refractivity contribution is 0.354. The van der Waals surface area contributed by atoms with Gasteiger partial charge in [0, 0.05) is 18.0 Å². The van der Waals surface area contributed by atoms with Crippen LogP contribution in [0.1, 0.15) is 11.3 Å². The van der Waals surface area contributed by atoms with E-state index in [0.29, 0.717) is 29.4 Å². The fourth-order valence-corrected chi connectivity index (χ4v) is 2.97. The number of hydrogen-bond donors (Lipinski definition) is 0. The van der Waals surface area contributed by atoms with Gasteiger partial charge >= 0.3 is 0 Å². The maximum Gasteiger partial charge on any atom is 0.170 e. The van der Waals surface area contributed by atoms with Gasteiger partial charge in [0.05, 0.1) is 34.1 Å². The highest BCUT2D eigenvalue weighted by Gasteiger charge is 2.15. The van der Waals surface area contributed by atoms with Crippen LogP contribution in [-0.2, 0) is 6.42 Å². The van der Waals surface area contributed by atoms with E-state index < -0.39 is 0 Å². The Labute approximate surface area is 147 Å². The highest BCUT2D eigenvalue weighted by molar-refractivity contribution is 5.92. The van der Waals surface area contributed by atoms with Gasteiger partial charge in [-0.3, -0.25) is 4.98 Å². The smallest absolute Gasteiger partial charge is 0.170 e. The zero-order valence-corrected chi connectivity index (χ0v) is 14.8. The molecular weight excluding hydrogens is 318 g/mol. The Kier molecular flexibility index (Phi) is 4.93. The number of fused-ring (bicyclic) bond motifs is 1. The van der Waals surface area contributed by atoms with Crippen LogP contribution in [-0.4, -0.2) is 33.4 Å². The zero-order chi connectivity index (χ0) is 17.8. The van der Waals surface area contributed by atoms with Gasteiger partial charge in [-0.05, 0) is 35.2 Å². The summed E-state index contributed by atoms with van der Waals surface area (Å²) in [5.74, 6) is 2.79. The second-order valence-electron chi connectivity index (χ2n) is 5.52. The summed E-state index contributed by atoms with van der Waals surface area (Å²) in [6, 6.07) is 11.8. The molecule has 0 spiro atoms. The van der Waals surface area contributed by atoms with Crippen LogP contribution in [0, 0.1) is 0 Å². The molecule has 2 aromatic carbocycles. The van der Waals surface area contributed by atoms with Crippen molar-refractivity contribution < 1.29 is 18.9 Å². The Balaban J connectivity index is 2.10. The van der Waals surface area contributed by atoms with Crippen molar-refractivity contribution in [3.63, 3.8) is 0 Å². The third-order valence-corrected chi connectivity index (χ3v) is 4.17. The molecule has 0 N–H and O–H groups in total. The number of benzene rings is 2. The summed E-state index contributed by atoms with van der Waals surface area (Å²) in [6.07, 6.45) is 2.45. The number of hydrogen-bond acceptors (Lipinski definition) is 5. The third-order valence-electron chi connectivity index (χ3n) is 4.17. The standard InChI is InChI=1S/C20H21NO4/c1-22-16-7-5-13(12-18(16)24-3)11-15-19-14(9-10-21-15)6-8-17(23-2)20(19)25-4/h5-10,12H,11H2,1-4H3. The van der Waals surface area contributed by atoms with Crippen LogP contribution in [0.25, 0.3) is 10.8 Å². The van der Waals surface area contributed by atoms with Crippen molar-refractivity contribution in [1.82, 2.24) is 4.98 Å². The molecule has 0 saturated carbocycles. The van der Waals surface area contributed by atoms with Gasteiger partial charge in [0.15, 0.2) is 23.0 Å². The average molecular weight is 339 g/mol. The van der Waals surface area contributed by atoms with Crippen LogP contribution < -0.4 is 18.9 Å². The lowest BCUT2D eigenvalue weighted by Crippen LogP contribution is -1.99. The molecule has 0 radical (unpaired) electrons. The topological polar surface area (TPSA) is 49.8 Å². The van der Waals surface area contributed by atoms with Gasteiger partial charge in [-0.15, -0.1) is 0 Å². The molecule has 3 aromatic rings. The number of rotatable bonds is 6. The minimum Gasteiger partial charge on any atom is -0.493 e. The van der Waals surface area contributed by atoms with Gasteiger partial charge < -0.3 is 18.9 Å². The predicted molar refractivity (Wildman–Crippen MR) is 97.2 cm³/mol. The molecule has 0 amide bonds. The van der Waals surface area contributed by atoms with Crippen molar-refractivity contribution in [3.8, 4) is 23.0 Å². The third kappa shape index (κ3) is 3.18. The Bertz CT molecular complexity index is 892. The molecule has 0 aliphatic rings. The molecule has 25 heavy (non-hydrogen) atoms. The van der Waals surface area contributed by atoms with Crippen LogP contribution >= 0.6 is 0 Å². The molecule has 0 unspecified atom stereocenters. The van der Waals surface area contributed by atoms with Gasteiger partial charge in [0.25, 0.3) is 0 Å². The van der Waals surface area contributed by atoms with E-state index >= 15 is 0 Å². The molecule has 0 fully saturated rings. The summed E-state index contributed by atoms with van der Waals surface area (Å²) >= 11 is 0. The summed E-state index contributed by atoms with van der Waals surface area (Å²) in [5.41, 5.74) is 1.99. The van der Waals surface area contributed by atoms with E-state index in [1.54, 1.807) is 28.4 Å². The lowest BCUT2D eigenvalue weighted by Gasteiger charge is -2.14. The van der Waals surface area contributed by atoms with Crippen molar-refractivity contribution in [2.24, 2.45) is 0 Å². The molecule has 0 bridgehead atoms. The summed E-state index contributed by atoms with van der Waals surface area (Å²) in [4.78, 5) is 4.58. The molecular formula is C20H21NO4. The summed E-state index contributed by atoms with van der Waals surface area (Å²) < 4.78 is 21.7. The second kappa shape index (κ2) is 7.30. The van der Waals surface area contributed by atoms with Gasteiger partial charge in [-0.25, -0.2) is 0 Å². The summed E-state index contributed by atoms with van der Waals surface area (Å²) in [6.45, 7) is 0. The molecule has 1 heterocycles. The fourth-order valence-electron chi connectivity index (χ4n) is 2.97. The van der Waals surface area contributed by atoms with Crippen molar-refractivity contribution in [2.75, 3.05) is 28.4 Å². The zero-order valence-electron chi connectivity index (χ0n) is 14.8.